The molecule has 0 saturated heterocycles. The molecule has 0 aliphatic heterocycles. The molecule has 1 saturated carbocycles. The van der Waals surface area contributed by atoms with E-state index in [1.807, 2.05) is 0 Å². The van der Waals surface area contributed by atoms with Crippen LogP contribution >= 0.6 is 0 Å². The van der Waals surface area contributed by atoms with Crippen LogP contribution in [-0.2, 0) is 4.74 Å². The molecule has 2 unspecified atom stereocenters. The van der Waals surface area contributed by atoms with Gasteiger partial charge in [0, 0.05) is 6.61 Å². The number of rotatable bonds is 6. The van der Waals surface area contributed by atoms with Gasteiger partial charge in [0.05, 0.1) is 6.10 Å². The predicted molar refractivity (Wildman–Crippen MR) is 64.9 cm³/mol. The molecular weight excluding hydrogens is 186 g/mol. The van der Waals surface area contributed by atoms with Crippen LogP contribution in [0.15, 0.2) is 0 Å². The summed E-state index contributed by atoms with van der Waals surface area (Å²) in [5.41, 5.74) is 5.81. The molecule has 0 radical (unpaired) electrons. The van der Waals surface area contributed by atoms with Gasteiger partial charge in [0.15, 0.2) is 0 Å². The minimum atomic E-state index is 0.453. The van der Waals surface area contributed by atoms with E-state index in [1.54, 1.807) is 0 Å². The lowest BCUT2D eigenvalue weighted by molar-refractivity contribution is 0.00863. The largest absolute Gasteiger partial charge is 0.378 e. The van der Waals surface area contributed by atoms with Crippen molar-refractivity contribution in [1.29, 1.82) is 0 Å². The van der Waals surface area contributed by atoms with E-state index in [4.69, 9.17) is 10.5 Å². The van der Waals surface area contributed by atoms with Gasteiger partial charge in [-0.05, 0) is 31.7 Å². The molecule has 1 aliphatic rings. The summed E-state index contributed by atoms with van der Waals surface area (Å²) in [4.78, 5) is 0. The average Bonchev–Trinajstić information content (AvgIpc) is 2.49. The van der Waals surface area contributed by atoms with Crippen molar-refractivity contribution in [3.8, 4) is 0 Å². The smallest absolute Gasteiger partial charge is 0.0615 e. The molecule has 1 fully saturated rings. The first-order valence-electron chi connectivity index (χ1n) is 6.70. The minimum Gasteiger partial charge on any atom is -0.378 e. The Hall–Kier alpha value is -0.0800. The van der Waals surface area contributed by atoms with Gasteiger partial charge in [-0.15, -0.1) is 0 Å². The summed E-state index contributed by atoms with van der Waals surface area (Å²) < 4.78 is 5.99. The Bertz CT molecular complexity index is 149. The van der Waals surface area contributed by atoms with Gasteiger partial charge in [-0.3, -0.25) is 0 Å². The normalized spacial score (nSPS) is 27.6. The zero-order valence-electron chi connectivity index (χ0n) is 10.2. The standard InChI is InChI=1S/C13H27NO/c1-2-3-7-10-15-13-9-6-4-5-8-12(13)11-14/h12-13H,2-11,14H2,1H3. The van der Waals surface area contributed by atoms with E-state index < -0.39 is 0 Å². The minimum absolute atomic E-state index is 0.453. The highest BCUT2D eigenvalue weighted by molar-refractivity contribution is 4.75. The third kappa shape index (κ3) is 4.98. The molecular formula is C13H27NO. The van der Waals surface area contributed by atoms with Crippen LogP contribution in [0.5, 0.6) is 0 Å². The molecule has 0 aromatic carbocycles. The van der Waals surface area contributed by atoms with E-state index in [-0.39, 0.29) is 0 Å². The van der Waals surface area contributed by atoms with Crippen molar-refractivity contribution in [3.63, 3.8) is 0 Å². The number of ether oxygens (including phenoxy) is 1. The van der Waals surface area contributed by atoms with Crippen LogP contribution in [0.3, 0.4) is 0 Å². The summed E-state index contributed by atoms with van der Waals surface area (Å²) in [6.45, 7) is 3.97. The number of unbranched alkanes of at least 4 members (excludes halogenated alkanes) is 2. The summed E-state index contributed by atoms with van der Waals surface area (Å²) >= 11 is 0. The molecule has 0 heterocycles. The Labute approximate surface area is 94.6 Å². The van der Waals surface area contributed by atoms with Crippen molar-refractivity contribution in [1.82, 2.24) is 0 Å². The highest BCUT2D eigenvalue weighted by Gasteiger charge is 2.22. The molecule has 90 valence electrons. The van der Waals surface area contributed by atoms with Gasteiger partial charge in [-0.1, -0.05) is 39.0 Å². The summed E-state index contributed by atoms with van der Waals surface area (Å²) in [5.74, 6) is 0.620. The van der Waals surface area contributed by atoms with Crippen LogP contribution < -0.4 is 5.73 Å². The first-order chi connectivity index (χ1) is 7.38. The van der Waals surface area contributed by atoms with Gasteiger partial charge in [-0.2, -0.15) is 0 Å². The highest BCUT2D eigenvalue weighted by atomic mass is 16.5. The lowest BCUT2D eigenvalue weighted by Gasteiger charge is -2.24. The van der Waals surface area contributed by atoms with Gasteiger partial charge in [0.1, 0.15) is 0 Å². The monoisotopic (exact) mass is 213 g/mol. The molecule has 15 heavy (non-hydrogen) atoms. The van der Waals surface area contributed by atoms with Gasteiger partial charge in [-0.25, -0.2) is 0 Å². The molecule has 0 bridgehead atoms. The summed E-state index contributed by atoms with van der Waals surface area (Å²) in [6.07, 6.45) is 10.8. The van der Waals surface area contributed by atoms with Crippen molar-refractivity contribution >= 4 is 0 Å². The molecule has 0 aromatic rings. The van der Waals surface area contributed by atoms with E-state index in [0.717, 1.165) is 13.2 Å². The highest BCUT2D eigenvalue weighted by Crippen LogP contribution is 2.25. The molecule has 2 atom stereocenters. The van der Waals surface area contributed by atoms with E-state index in [9.17, 15) is 0 Å². The summed E-state index contributed by atoms with van der Waals surface area (Å²) in [5, 5.41) is 0. The number of hydrogen-bond donors (Lipinski definition) is 1. The Balaban J connectivity index is 2.22. The van der Waals surface area contributed by atoms with Crippen molar-refractivity contribution in [3.05, 3.63) is 0 Å². The molecule has 1 rings (SSSR count). The molecule has 2 heteroatoms. The fraction of sp³-hybridized carbons (Fsp3) is 1.00. The quantitative estimate of drug-likeness (QED) is 0.543. The van der Waals surface area contributed by atoms with Crippen molar-refractivity contribution in [2.75, 3.05) is 13.2 Å². The van der Waals surface area contributed by atoms with E-state index in [1.165, 1.54) is 51.4 Å². The van der Waals surface area contributed by atoms with Crippen LogP contribution in [0.4, 0.5) is 0 Å². The van der Waals surface area contributed by atoms with Gasteiger partial charge < -0.3 is 10.5 Å². The van der Waals surface area contributed by atoms with Gasteiger partial charge >= 0.3 is 0 Å². The van der Waals surface area contributed by atoms with Crippen LogP contribution in [-0.4, -0.2) is 19.3 Å². The van der Waals surface area contributed by atoms with Crippen LogP contribution in [0, 0.1) is 5.92 Å². The molecule has 2 N–H and O–H groups in total. The fourth-order valence-electron chi connectivity index (χ4n) is 2.43. The van der Waals surface area contributed by atoms with Crippen molar-refractivity contribution in [2.45, 2.75) is 64.4 Å². The van der Waals surface area contributed by atoms with Crippen molar-refractivity contribution in [2.24, 2.45) is 11.7 Å². The Morgan fingerprint density at radius 2 is 1.93 bits per heavy atom. The maximum absolute atomic E-state index is 5.99. The molecule has 0 aromatic heterocycles. The Kier molecular flexibility index (Phi) is 7.03. The fourth-order valence-corrected chi connectivity index (χ4v) is 2.43. The number of hydrogen-bond acceptors (Lipinski definition) is 2. The third-order valence-corrected chi connectivity index (χ3v) is 3.47. The zero-order valence-corrected chi connectivity index (χ0v) is 10.2. The first-order valence-corrected chi connectivity index (χ1v) is 6.70. The zero-order chi connectivity index (χ0) is 10.9. The molecule has 2 nitrogen and oxygen atoms in total. The average molecular weight is 213 g/mol. The third-order valence-electron chi connectivity index (χ3n) is 3.47. The Morgan fingerprint density at radius 1 is 1.13 bits per heavy atom. The maximum Gasteiger partial charge on any atom is 0.0615 e. The van der Waals surface area contributed by atoms with E-state index in [0.29, 0.717) is 12.0 Å². The SMILES string of the molecule is CCCCCOC1CCCCCC1CN. The lowest BCUT2D eigenvalue weighted by atomic mass is 9.97. The van der Waals surface area contributed by atoms with Crippen LogP contribution in [0.2, 0.25) is 0 Å². The predicted octanol–water partition coefficient (Wildman–Crippen LogP) is 3.10. The van der Waals surface area contributed by atoms with Crippen LogP contribution in [0.1, 0.15) is 58.3 Å². The molecule has 0 amide bonds. The van der Waals surface area contributed by atoms with Crippen molar-refractivity contribution < 1.29 is 4.74 Å². The molecule has 1 aliphatic carbocycles. The Morgan fingerprint density at radius 3 is 2.67 bits per heavy atom. The summed E-state index contributed by atoms with van der Waals surface area (Å²) in [7, 11) is 0. The maximum atomic E-state index is 5.99. The second kappa shape index (κ2) is 8.12. The second-order valence-corrected chi connectivity index (χ2v) is 4.75. The van der Waals surface area contributed by atoms with Crippen LogP contribution in [0.25, 0.3) is 0 Å². The topological polar surface area (TPSA) is 35.2 Å². The number of nitrogens with two attached hydrogens (primary N) is 1. The van der Waals surface area contributed by atoms with Gasteiger partial charge in [0.25, 0.3) is 0 Å². The summed E-state index contributed by atoms with van der Waals surface area (Å²) in [6, 6.07) is 0. The van der Waals surface area contributed by atoms with E-state index in [2.05, 4.69) is 6.92 Å². The van der Waals surface area contributed by atoms with E-state index >= 15 is 0 Å². The lowest BCUT2D eigenvalue weighted by Crippen LogP contribution is -2.29. The first kappa shape index (κ1) is 13.0. The van der Waals surface area contributed by atoms with Gasteiger partial charge in [0.2, 0.25) is 0 Å². The molecule has 0 spiro atoms. The second-order valence-electron chi connectivity index (χ2n) is 4.75.